The molecule has 1 heterocycles. The van der Waals surface area contributed by atoms with E-state index in [2.05, 4.69) is 61.5 Å². The fourth-order valence-electron chi connectivity index (χ4n) is 5.71. The first-order valence-electron chi connectivity index (χ1n) is 17.1. The highest BCUT2D eigenvalue weighted by molar-refractivity contribution is 5.50. The van der Waals surface area contributed by atoms with E-state index in [0.717, 1.165) is 29.7 Å². The topological polar surface area (TPSA) is 49.7 Å². The minimum absolute atomic E-state index is 0. The summed E-state index contributed by atoms with van der Waals surface area (Å²) < 4.78 is 6.08. The zero-order valence-corrected chi connectivity index (χ0v) is 29.4. The maximum Gasteiger partial charge on any atom is 0.123 e. The fourth-order valence-corrected chi connectivity index (χ4v) is 5.71. The summed E-state index contributed by atoms with van der Waals surface area (Å²) >= 11 is 0. The molecule has 4 unspecified atom stereocenters. The number of allylic oxidation sites excluding steroid dienone is 2. The molecule has 0 aromatic heterocycles. The molecular weight excluding hydrogens is 576 g/mol. The van der Waals surface area contributed by atoms with Crippen molar-refractivity contribution in [3.63, 3.8) is 0 Å². The van der Waals surface area contributed by atoms with Crippen molar-refractivity contribution in [2.75, 3.05) is 0 Å². The number of para-hydroxylation sites is 2. The molecule has 0 saturated heterocycles. The van der Waals surface area contributed by atoms with Crippen molar-refractivity contribution in [2.24, 2.45) is 5.92 Å². The molecule has 0 amide bonds. The molecule has 0 saturated carbocycles. The minimum atomic E-state index is -0.803. The van der Waals surface area contributed by atoms with Gasteiger partial charge in [0.15, 0.2) is 0 Å². The lowest BCUT2D eigenvalue weighted by Crippen LogP contribution is -2.32. The lowest BCUT2D eigenvalue weighted by atomic mass is 9.81. The maximum atomic E-state index is 10.5. The van der Waals surface area contributed by atoms with Crippen LogP contribution in [-0.4, -0.2) is 16.3 Å². The van der Waals surface area contributed by atoms with E-state index in [1.54, 1.807) is 18.2 Å². The van der Waals surface area contributed by atoms with Crippen LogP contribution in [0.3, 0.4) is 0 Å². The molecule has 2 aliphatic rings. The van der Waals surface area contributed by atoms with Gasteiger partial charge >= 0.3 is 0 Å². The summed E-state index contributed by atoms with van der Waals surface area (Å²) in [5.74, 6) is 2.32. The second kappa shape index (κ2) is 25.3. The quantitative estimate of drug-likeness (QED) is 0.218. The van der Waals surface area contributed by atoms with Gasteiger partial charge in [-0.2, -0.15) is 0 Å². The zero-order valence-electron chi connectivity index (χ0n) is 29.4. The molecule has 3 nitrogen and oxygen atoms in total. The van der Waals surface area contributed by atoms with Crippen LogP contribution >= 0.6 is 0 Å². The molecule has 1 aliphatic heterocycles. The number of rotatable bonds is 4. The predicted molar refractivity (Wildman–Crippen MR) is 208 cm³/mol. The van der Waals surface area contributed by atoms with Crippen molar-refractivity contribution in [1.82, 2.24) is 0 Å². The SMILES string of the molecule is C.C.C/C=C/Cc1ccccc1C(O)c1ccccc1O.CC.CC.CC.CC.CC1Oc2ccccc2C2c3ccccc3CC12. The molecule has 4 atom stereocenters. The molecule has 1 aliphatic carbocycles. The Bertz CT molecular complexity index is 1390. The number of fused-ring (bicyclic) bond motifs is 5. The van der Waals surface area contributed by atoms with Gasteiger partial charge in [0.1, 0.15) is 17.6 Å². The largest absolute Gasteiger partial charge is 0.508 e. The Kier molecular flexibility index (Phi) is 24.4. The number of benzene rings is 4. The molecule has 0 bridgehead atoms. The minimum Gasteiger partial charge on any atom is -0.508 e. The average molecular weight is 643 g/mol. The lowest BCUT2D eigenvalue weighted by molar-refractivity contribution is 0.124. The molecule has 3 heteroatoms. The number of hydrogen-bond donors (Lipinski definition) is 2. The Labute approximate surface area is 289 Å². The highest BCUT2D eigenvalue weighted by Gasteiger charge is 2.42. The summed E-state index contributed by atoms with van der Waals surface area (Å²) in [5.41, 5.74) is 6.81. The summed E-state index contributed by atoms with van der Waals surface area (Å²) in [4.78, 5) is 0. The van der Waals surface area contributed by atoms with E-state index in [-0.39, 0.29) is 20.6 Å². The molecule has 4 aromatic carbocycles. The fraction of sp³-hybridized carbons (Fsp3) is 0.409. The van der Waals surface area contributed by atoms with Crippen molar-refractivity contribution in [2.45, 2.75) is 115 Å². The van der Waals surface area contributed by atoms with Crippen LogP contribution in [0.2, 0.25) is 0 Å². The molecule has 47 heavy (non-hydrogen) atoms. The average Bonchev–Trinajstić information content (AvgIpc) is 3.52. The van der Waals surface area contributed by atoms with Crippen LogP contribution in [0.5, 0.6) is 11.5 Å². The molecule has 0 radical (unpaired) electrons. The van der Waals surface area contributed by atoms with Gasteiger partial charge in [0.25, 0.3) is 0 Å². The van der Waals surface area contributed by atoms with E-state index >= 15 is 0 Å². The van der Waals surface area contributed by atoms with Crippen LogP contribution in [0.1, 0.15) is 129 Å². The maximum absolute atomic E-state index is 10.5. The third-order valence-electron chi connectivity index (χ3n) is 7.60. The second-order valence-corrected chi connectivity index (χ2v) is 9.84. The van der Waals surface area contributed by atoms with Crippen molar-refractivity contribution in [1.29, 1.82) is 0 Å². The Morgan fingerprint density at radius 2 is 1.21 bits per heavy atom. The van der Waals surface area contributed by atoms with E-state index < -0.39 is 6.10 Å². The number of phenols is 1. The van der Waals surface area contributed by atoms with Gasteiger partial charge in [-0.05, 0) is 61.1 Å². The van der Waals surface area contributed by atoms with E-state index in [9.17, 15) is 10.2 Å². The van der Waals surface area contributed by atoms with Gasteiger partial charge in [0, 0.05) is 23.0 Å². The first-order valence-corrected chi connectivity index (χ1v) is 17.1. The van der Waals surface area contributed by atoms with Crippen LogP contribution < -0.4 is 4.74 Å². The van der Waals surface area contributed by atoms with Crippen molar-refractivity contribution in [3.8, 4) is 11.5 Å². The van der Waals surface area contributed by atoms with E-state index in [4.69, 9.17) is 4.74 Å². The zero-order chi connectivity index (χ0) is 33.8. The third kappa shape index (κ3) is 11.7. The standard InChI is InChI=1S/C17H18O2.C17H16O.4C2H6.2CH4/c1-2-3-8-13-9-4-5-10-14(13)17(19)15-11-6-7-12-16(15)18;1-11-15-10-12-6-2-3-7-13(12)17(15)14-8-4-5-9-16(14)18-11;4*1-2;;/h2-7,9-12,17-19H,8H2,1H3;2-9,11,15,17H,10H2,1H3;4*1-2H3;2*1H4/b3-2+;;;;;;;. The van der Waals surface area contributed by atoms with Crippen LogP contribution in [0.15, 0.2) is 109 Å². The molecule has 4 aromatic rings. The second-order valence-electron chi connectivity index (χ2n) is 9.84. The van der Waals surface area contributed by atoms with Crippen LogP contribution in [0.25, 0.3) is 0 Å². The Morgan fingerprint density at radius 3 is 1.83 bits per heavy atom. The molecule has 0 fully saturated rings. The normalized spacial score (nSPS) is 16.4. The van der Waals surface area contributed by atoms with Crippen molar-refractivity contribution in [3.05, 3.63) is 143 Å². The third-order valence-corrected chi connectivity index (χ3v) is 7.60. The molecule has 6 rings (SSSR count). The van der Waals surface area contributed by atoms with Gasteiger partial charge in [-0.15, -0.1) is 0 Å². The first kappa shape index (κ1) is 45.3. The molecule has 2 N–H and O–H groups in total. The number of aromatic hydroxyl groups is 1. The van der Waals surface area contributed by atoms with Gasteiger partial charge in [0.05, 0.1) is 6.10 Å². The summed E-state index contributed by atoms with van der Waals surface area (Å²) in [6.07, 6.45) is 5.47. The van der Waals surface area contributed by atoms with E-state index in [1.807, 2.05) is 98.7 Å². The number of hydrogen-bond acceptors (Lipinski definition) is 3. The van der Waals surface area contributed by atoms with Gasteiger partial charge < -0.3 is 14.9 Å². The highest BCUT2D eigenvalue weighted by atomic mass is 16.5. The first-order chi connectivity index (χ1) is 22.1. The summed E-state index contributed by atoms with van der Waals surface area (Å²) in [5, 5.41) is 20.3. The van der Waals surface area contributed by atoms with Gasteiger partial charge in [-0.1, -0.05) is 167 Å². The van der Waals surface area contributed by atoms with E-state index in [0.29, 0.717) is 23.5 Å². The van der Waals surface area contributed by atoms with Gasteiger partial charge in [-0.25, -0.2) is 0 Å². The van der Waals surface area contributed by atoms with E-state index in [1.165, 1.54) is 16.7 Å². The van der Waals surface area contributed by atoms with Crippen molar-refractivity contribution < 1.29 is 14.9 Å². The Hall–Kier alpha value is -3.82. The van der Waals surface area contributed by atoms with Gasteiger partial charge in [-0.3, -0.25) is 0 Å². The molecular formula is C44H66O3. The molecule has 260 valence electrons. The monoisotopic (exact) mass is 643 g/mol. The predicted octanol–water partition coefficient (Wildman–Crippen LogP) is 12.7. The van der Waals surface area contributed by atoms with Crippen LogP contribution in [-0.2, 0) is 12.8 Å². The Balaban J connectivity index is 0. The Morgan fingerprint density at radius 1 is 0.702 bits per heavy atom. The molecule has 0 spiro atoms. The number of phenolic OH excluding ortho intramolecular Hbond substituents is 1. The van der Waals surface area contributed by atoms with Crippen molar-refractivity contribution >= 4 is 0 Å². The van der Waals surface area contributed by atoms with Gasteiger partial charge in [0.2, 0.25) is 0 Å². The van der Waals surface area contributed by atoms with Crippen LogP contribution in [0, 0.1) is 5.92 Å². The number of aliphatic hydroxyl groups excluding tert-OH is 1. The number of ether oxygens (including phenoxy) is 1. The summed E-state index contributed by atoms with van der Waals surface area (Å²) in [6, 6.07) is 32.0. The lowest BCUT2D eigenvalue weighted by Gasteiger charge is -2.34. The smallest absolute Gasteiger partial charge is 0.123 e. The highest BCUT2D eigenvalue weighted by Crippen LogP contribution is 2.50. The summed E-state index contributed by atoms with van der Waals surface area (Å²) in [7, 11) is 0. The number of aliphatic hydroxyl groups is 1. The summed E-state index contributed by atoms with van der Waals surface area (Å²) in [6.45, 7) is 20.2. The van der Waals surface area contributed by atoms with Crippen LogP contribution in [0.4, 0.5) is 0 Å².